The Morgan fingerprint density at radius 3 is 1.30 bits per heavy atom. The fourth-order valence-corrected chi connectivity index (χ4v) is 5.91. The number of rotatable bonds is 10. The van der Waals surface area contributed by atoms with E-state index in [-0.39, 0.29) is 25.0 Å². The fourth-order valence-electron chi connectivity index (χ4n) is 5.15. The molecule has 0 aromatic heterocycles. The van der Waals surface area contributed by atoms with Gasteiger partial charge in [-0.1, -0.05) is 10.3 Å². The van der Waals surface area contributed by atoms with E-state index in [4.69, 9.17) is 46.5 Å². The molecule has 0 N–H and O–H groups in total. The zero-order valence-corrected chi connectivity index (χ0v) is 27.5. The molecular formula is C28H34N2O14S2. The number of nitrogens with zero attached hydrogens (tertiary/aromatic N) is 2. The van der Waals surface area contributed by atoms with E-state index in [2.05, 4.69) is 10.3 Å². The highest BCUT2D eigenvalue weighted by Crippen LogP contribution is 2.42. The van der Waals surface area contributed by atoms with Crippen LogP contribution in [0.3, 0.4) is 0 Å². The summed E-state index contributed by atoms with van der Waals surface area (Å²) < 4.78 is 86.7. The van der Waals surface area contributed by atoms with Gasteiger partial charge in [-0.2, -0.15) is 16.8 Å². The van der Waals surface area contributed by atoms with Gasteiger partial charge in [0.05, 0.1) is 52.8 Å². The van der Waals surface area contributed by atoms with Crippen molar-refractivity contribution in [3.05, 3.63) is 35.4 Å². The first-order chi connectivity index (χ1) is 21.9. The first-order valence-corrected chi connectivity index (χ1v) is 17.4. The summed E-state index contributed by atoms with van der Waals surface area (Å²) in [7, 11) is -0.898. The molecule has 4 atom stereocenters. The quantitative estimate of drug-likeness (QED) is 0.328. The van der Waals surface area contributed by atoms with Gasteiger partial charge in [0.2, 0.25) is 0 Å². The van der Waals surface area contributed by atoms with Crippen molar-refractivity contribution >= 4 is 31.7 Å². The van der Waals surface area contributed by atoms with Crippen LogP contribution in [0.2, 0.25) is 0 Å². The van der Waals surface area contributed by atoms with E-state index in [1.807, 2.05) is 0 Å². The first kappa shape index (κ1) is 33.4. The second kappa shape index (κ2) is 13.4. The summed E-state index contributed by atoms with van der Waals surface area (Å²) in [6.45, 7) is 0.420. The van der Waals surface area contributed by atoms with Crippen LogP contribution in [0.25, 0.3) is 0 Å². The molecule has 0 bridgehead atoms. The Hall–Kier alpha value is -4.00. The Balaban J connectivity index is 0.000000181. The van der Waals surface area contributed by atoms with Crippen LogP contribution in [0.4, 0.5) is 0 Å². The molecule has 46 heavy (non-hydrogen) atoms. The lowest BCUT2D eigenvalue weighted by atomic mass is 9.90. The minimum atomic E-state index is -3.54. The molecule has 0 saturated carbocycles. The van der Waals surface area contributed by atoms with Gasteiger partial charge in [0.1, 0.15) is 49.3 Å². The Kier molecular flexibility index (Phi) is 9.71. The Morgan fingerprint density at radius 2 is 0.978 bits per heavy atom. The van der Waals surface area contributed by atoms with Gasteiger partial charge in [0, 0.05) is 23.3 Å². The molecule has 18 heteroatoms. The average molecular weight is 687 g/mol. The average Bonchev–Trinajstić information content (AvgIpc) is 3.65. The summed E-state index contributed by atoms with van der Waals surface area (Å²) in [6.07, 6.45) is 0.961. The van der Waals surface area contributed by atoms with Crippen LogP contribution in [-0.4, -0.2) is 108 Å². The van der Waals surface area contributed by atoms with Crippen molar-refractivity contribution < 1.29 is 63.3 Å². The molecule has 2 aromatic rings. The lowest BCUT2D eigenvalue weighted by Gasteiger charge is -2.25. The van der Waals surface area contributed by atoms with E-state index >= 15 is 0 Å². The van der Waals surface area contributed by atoms with Gasteiger partial charge in [-0.3, -0.25) is 8.37 Å². The van der Waals surface area contributed by atoms with E-state index in [1.54, 1.807) is 52.7 Å². The van der Waals surface area contributed by atoms with Gasteiger partial charge in [0.15, 0.2) is 35.2 Å². The molecule has 2 aromatic carbocycles. The van der Waals surface area contributed by atoms with E-state index in [1.165, 1.54) is 0 Å². The highest BCUT2D eigenvalue weighted by atomic mass is 32.2. The molecule has 0 spiro atoms. The van der Waals surface area contributed by atoms with Gasteiger partial charge in [-0.15, -0.1) is 0 Å². The maximum atomic E-state index is 11.1. The molecule has 4 aliphatic rings. The topological polar surface area (TPSA) is 185 Å². The molecule has 0 amide bonds. The Morgan fingerprint density at radius 1 is 0.630 bits per heavy atom. The lowest BCUT2D eigenvalue weighted by Crippen LogP contribution is -2.36. The SMILES string of the molecule is COc1cc2c(cc1OC)C1=NOC(COS(C)(=O)=O)C1CO2.COc1cc2c(cc1OC)C1=NOC(COS(C)(=O)=O)C1CO2. The zero-order chi connectivity index (χ0) is 33.2. The molecular weight excluding hydrogens is 652 g/mol. The normalized spacial score (nSPS) is 22.3. The van der Waals surface area contributed by atoms with Crippen molar-refractivity contribution in [1.29, 1.82) is 0 Å². The fraction of sp³-hybridized carbons (Fsp3) is 0.500. The molecule has 0 fully saturated rings. The summed E-state index contributed by atoms with van der Waals surface area (Å²) >= 11 is 0. The maximum Gasteiger partial charge on any atom is 0.264 e. The summed E-state index contributed by atoms with van der Waals surface area (Å²) in [5.41, 5.74) is 2.85. The molecule has 4 aliphatic heterocycles. The number of hydrogen-bond acceptors (Lipinski definition) is 16. The van der Waals surface area contributed by atoms with Crippen molar-refractivity contribution in [2.45, 2.75) is 12.2 Å². The molecule has 4 heterocycles. The summed E-state index contributed by atoms with van der Waals surface area (Å²) in [4.78, 5) is 10.7. The number of benzene rings is 2. The highest BCUT2D eigenvalue weighted by molar-refractivity contribution is 7.86. The van der Waals surface area contributed by atoms with Crippen LogP contribution >= 0.6 is 0 Å². The van der Waals surface area contributed by atoms with Crippen LogP contribution in [-0.2, 0) is 38.3 Å². The van der Waals surface area contributed by atoms with E-state index < -0.39 is 32.4 Å². The lowest BCUT2D eigenvalue weighted by molar-refractivity contribution is 0.0175. The first-order valence-electron chi connectivity index (χ1n) is 13.8. The zero-order valence-electron chi connectivity index (χ0n) is 25.9. The predicted octanol–water partition coefficient (Wildman–Crippen LogP) is 1.58. The smallest absolute Gasteiger partial charge is 0.264 e. The van der Waals surface area contributed by atoms with Gasteiger partial charge >= 0.3 is 0 Å². The van der Waals surface area contributed by atoms with E-state index in [0.29, 0.717) is 59.1 Å². The van der Waals surface area contributed by atoms with E-state index in [9.17, 15) is 16.8 Å². The third-order valence-corrected chi connectivity index (χ3v) is 8.55. The Bertz CT molecular complexity index is 1610. The maximum absolute atomic E-state index is 11.1. The second-order valence-corrected chi connectivity index (χ2v) is 13.7. The summed E-state index contributed by atoms with van der Waals surface area (Å²) in [6, 6.07) is 6.99. The highest BCUT2D eigenvalue weighted by Gasteiger charge is 2.42. The molecule has 6 rings (SSSR count). The number of oxime groups is 2. The van der Waals surface area contributed by atoms with Crippen molar-refractivity contribution in [2.75, 3.05) is 67.4 Å². The van der Waals surface area contributed by atoms with Crippen LogP contribution in [0.15, 0.2) is 34.6 Å². The molecule has 0 saturated heterocycles. The number of fused-ring (bicyclic) bond motifs is 6. The number of ether oxygens (including phenoxy) is 6. The largest absolute Gasteiger partial charge is 0.493 e. The van der Waals surface area contributed by atoms with Gasteiger partial charge in [-0.05, 0) is 12.1 Å². The van der Waals surface area contributed by atoms with Crippen LogP contribution < -0.4 is 28.4 Å². The minimum absolute atomic E-state index is 0.109. The van der Waals surface area contributed by atoms with Gasteiger partial charge in [-0.25, -0.2) is 0 Å². The Labute approximate surface area is 266 Å². The third-order valence-electron chi connectivity index (χ3n) is 7.43. The monoisotopic (exact) mass is 686 g/mol. The van der Waals surface area contributed by atoms with Crippen molar-refractivity contribution in [1.82, 2.24) is 0 Å². The molecule has 252 valence electrons. The van der Waals surface area contributed by atoms with Crippen molar-refractivity contribution in [3.63, 3.8) is 0 Å². The molecule has 0 aliphatic carbocycles. The second-order valence-electron chi connectivity index (χ2n) is 10.5. The molecule has 0 radical (unpaired) electrons. The van der Waals surface area contributed by atoms with Gasteiger partial charge < -0.3 is 38.1 Å². The number of hydrogen-bond donors (Lipinski definition) is 0. The van der Waals surface area contributed by atoms with Gasteiger partial charge in [0.25, 0.3) is 20.2 Å². The van der Waals surface area contributed by atoms with Crippen LogP contribution in [0.5, 0.6) is 34.5 Å². The van der Waals surface area contributed by atoms with Crippen molar-refractivity contribution in [2.24, 2.45) is 22.1 Å². The minimum Gasteiger partial charge on any atom is -0.493 e. The standard InChI is InChI=1S/2C14H17NO7S/c2*1-18-11-4-8-10(5-12(11)19-2)20-6-9-13(22-15-14(8)9)7-21-23(3,16)17/h2*4-5,9,13H,6-7H2,1-3H3. The molecule has 16 nitrogen and oxygen atoms in total. The summed E-state index contributed by atoms with van der Waals surface area (Å²) in [5, 5.41) is 8.16. The summed E-state index contributed by atoms with van der Waals surface area (Å²) in [5.74, 6) is 3.03. The van der Waals surface area contributed by atoms with Crippen LogP contribution in [0.1, 0.15) is 11.1 Å². The third kappa shape index (κ3) is 7.19. The van der Waals surface area contributed by atoms with Crippen LogP contribution in [0, 0.1) is 11.8 Å². The predicted molar refractivity (Wildman–Crippen MR) is 161 cm³/mol. The van der Waals surface area contributed by atoms with Crippen molar-refractivity contribution in [3.8, 4) is 34.5 Å². The van der Waals surface area contributed by atoms with E-state index in [0.717, 1.165) is 23.6 Å². The number of methoxy groups -OCH3 is 4. The molecule has 4 unspecified atom stereocenters.